The molecule has 2 unspecified atom stereocenters. The minimum absolute atomic E-state index is 0.132. The Hall–Kier alpha value is -1.22. The number of rotatable bonds is 1. The van der Waals surface area contributed by atoms with Crippen LogP contribution in [0.3, 0.4) is 0 Å². The number of nitrogens with one attached hydrogen (secondary N) is 2. The zero-order valence-electron chi connectivity index (χ0n) is 10.7. The van der Waals surface area contributed by atoms with Gasteiger partial charge < -0.3 is 15.4 Å². The first-order valence-corrected chi connectivity index (χ1v) is 6.32. The molecule has 3 nitrogen and oxygen atoms in total. The van der Waals surface area contributed by atoms with Gasteiger partial charge in [-0.25, -0.2) is 0 Å². The molecule has 1 aromatic rings. The summed E-state index contributed by atoms with van der Waals surface area (Å²) in [6, 6.07) is 6.75. The van der Waals surface area contributed by atoms with Gasteiger partial charge in [0.25, 0.3) is 0 Å². The molecule has 2 N–H and O–H groups in total. The quantitative estimate of drug-likeness (QED) is 0.779. The van der Waals surface area contributed by atoms with E-state index in [-0.39, 0.29) is 5.54 Å². The van der Waals surface area contributed by atoms with E-state index < -0.39 is 0 Å². The minimum Gasteiger partial charge on any atom is -0.496 e. The molecule has 2 aliphatic heterocycles. The Labute approximate surface area is 103 Å². The van der Waals surface area contributed by atoms with Gasteiger partial charge in [-0.15, -0.1) is 0 Å². The van der Waals surface area contributed by atoms with Crippen molar-refractivity contribution in [3.8, 4) is 5.75 Å². The average Bonchev–Trinajstić information content (AvgIpc) is 2.69. The van der Waals surface area contributed by atoms with Crippen molar-refractivity contribution in [3.05, 3.63) is 23.8 Å². The molecule has 1 aromatic carbocycles. The fraction of sp³-hybridized carbons (Fsp3) is 0.571. The second kappa shape index (κ2) is 3.64. The second-order valence-electron chi connectivity index (χ2n) is 5.59. The van der Waals surface area contributed by atoms with Crippen molar-refractivity contribution < 1.29 is 4.74 Å². The molecule has 3 heteroatoms. The third kappa shape index (κ3) is 1.53. The predicted octanol–water partition coefficient (Wildman–Crippen LogP) is 2.34. The van der Waals surface area contributed by atoms with E-state index in [1.54, 1.807) is 7.11 Å². The van der Waals surface area contributed by atoms with Crippen LogP contribution in [-0.2, 0) is 0 Å². The predicted molar refractivity (Wildman–Crippen MR) is 69.8 cm³/mol. The van der Waals surface area contributed by atoms with Crippen LogP contribution in [0.25, 0.3) is 0 Å². The molecule has 0 aromatic heterocycles. The van der Waals surface area contributed by atoms with Crippen molar-refractivity contribution in [1.29, 1.82) is 0 Å². The van der Waals surface area contributed by atoms with Crippen LogP contribution >= 0.6 is 0 Å². The fourth-order valence-electron chi connectivity index (χ4n) is 3.32. The first-order chi connectivity index (χ1) is 8.13. The van der Waals surface area contributed by atoms with Crippen LogP contribution in [0.5, 0.6) is 5.75 Å². The lowest BCUT2D eigenvalue weighted by atomic mass is 9.78. The van der Waals surface area contributed by atoms with Gasteiger partial charge in [-0.1, -0.05) is 6.07 Å². The van der Waals surface area contributed by atoms with Crippen LogP contribution in [0, 0.1) is 0 Å². The van der Waals surface area contributed by atoms with Crippen molar-refractivity contribution in [2.45, 2.75) is 37.8 Å². The van der Waals surface area contributed by atoms with Gasteiger partial charge >= 0.3 is 0 Å². The summed E-state index contributed by atoms with van der Waals surface area (Å²) >= 11 is 0. The molecule has 1 saturated heterocycles. The molecular weight excluding hydrogens is 212 g/mol. The Balaban J connectivity index is 2.06. The summed E-state index contributed by atoms with van der Waals surface area (Å²) in [5.41, 5.74) is 2.75. The topological polar surface area (TPSA) is 33.3 Å². The molecule has 1 fully saturated rings. The lowest BCUT2D eigenvalue weighted by Crippen LogP contribution is -2.57. The van der Waals surface area contributed by atoms with Crippen LogP contribution in [0.15, 0.2) is 18.2 Å². The second-order valence-corrected chi connectivity index (χ2v) is 5.59. The molecule has 2 aliphatic rings. The Morgan fingerprint density at radius 3 is 2.94 bits per heavy atom. The van der Waals surface area contributed by atoms with Crippen LogP contribution in [0.2, 0.25) is 0 Å². The van der Waals surface area contributed by atoms with E-state index in [0.717, 1.165) is 12.3 Å². The minimum atomic E-state index is 0.132. The van der Waals surface area contributed by atoms with Crippen molar-refractivity contribution in [3.63, 3.8) is 0 Å². The molecule has 0 amide bonds. The SMILES string of the molecule is COc1cccc2c1C1CCNC(C)(C)C1N2. The van der Waals surface area contributed by atoms with E-state index >= 15 is 0 Å². The zero-order chi connectivity index (χ0) is 12.0. The molecule has 2 heterocycles. The summed E-state index contributed by atoms with van der Waals surface area (Å²) in [5, 5.41) is 7.26. The van der Waals surface area contributed by atoms with Gasteiger partial charge in [-0.3, -0.25) is 0 Å². The van der Waals surface area contributed by atoms with Crippen molar-refractivity contribution in [1.82, 2.24) is 5.32 Å². The molecule has 92 valence electrons. The fourth-order valence-corrected chi connectivity index (χ4v) is 3.32. The van der Waals surface area contributed by atoms with Gasteiger partial charge in [0, 0.05) is 22.7 Å². The Bertz CT molecular complexity index is 442. The molecular formula is C14H20N2O. The number of hydrogen-bond acceptors (Lipinski definition) is 3. The van der Waals surface area contributed by atoms with E-state index in [1.807, 2.05) is 0 Å². The third-order valence-corrected chi connectivity index (χ3v) is 4.18. The largest absolute Gasteiger partial charge is 0.496 e. The molecule has 0 saturated carbocycles. The first-order valence-electron chi connectivity index (χ1n) is 6.32. The number of anilines is 1. The first kappa shape index (κ1) is 10.9. The summed E-state index contributed by atoms with van der Waals surface area (Å²) in [6.45, 7) is 5.62. The highest BCUT2D eigenvalue weighted by molar-refractivity contribution is 5.65. The number of hydrogen-bond donors (Lipinski definition) is 2. The van der Waals surface area contributed by atoms with Gasteiger partial charge in [-0.05, 0) is 38.9 Å². The highest BCUT2D eigenvalue weighted by Crippen LogP contribution is 2.47. The van der Waals surface area contributed by atoms with Crippen LogP contribution in [-0.4, -0.2) is 25.2 Å². The standard InChI is InChI=1S/C14H20N2O/c1-14(2)13-9(7-8-15-14)12-10(16-13)5-4-6-11(12)17-3/h4-6,9,13,15-16H,7-8H2,1-3H3. The third-order valence-electron chi connectivity index (χ3n) is 4.18. The van der Waals surface area contributed by atoms with Gasteiger partial charge in [0.1, 0.15) is 5.75 Å². The van der Waals surface area contributed by atoms with E-state index in [0.29, 0.717) is 12.0 Å². The van der Waals surface area contributed by atoms with Crippen LogP contribution < -0.4 is 15.4 Å². The maximum atomic E-state index is 5.51. The van der Waals surface area contributed by atoms with Crippen molar-refractivity contribution in [2.75, 3.05) is 19.0 Å². The number of methoxy groups -OCH3 is 1. The molecule has 0 radical (unpaired) electrons. The van der Waals surface area contributed by atoms with Crippen LogP contribution in [0.1, 0.15) is 31.7 Å². The Morgan fingerprint density at radius 1 is 1.35 bits per heavy atom. The van der Waals surface area contributed by atoms with E-state index in [9.17, 15) is 0 Å². The summed E-state index contributed by atoms with van der Waals surface area (Å²) in [7, 11) is 1.76. The van der Waals surface area contributed by atoms with Gasteiger partial charge in [0.15, 0.2) is 0 Å². The molecule has 3 rings (SSSR count). The summed E-state index contributed by atoms with van der Waals surface area (Å²) in [5.74, 6) is 1.60. The highest BCUT2D eigenvalue weighted by Gasteiger charge is 2.45. The number of ether oxygens (including phenoxy) is 1. The monoisotopic (exact) mass is 232 g/mol. The summed E-state index contributed by atoms with van der Waals surface area (Å²) in [6.07, 6.45) is 1.18. The van der Waals surface area contributed by atoms with E-state index in [4.69, 9.17) is 4.74 Å². The van der Waals surface area contributed by atoms with Crippen LogP contribution in [0.4, 0.5) is 5.69 Å². The number of piperidine rings is 1. The Kier molecular flexibility index (Phi) is 2.33. The zero-order valence-corrected chi connectivity index (χ0v) is 10.7. The number of fused-ring (bicyclic) bond motifs is 3. The van der Waals surface area contributed by atoms with Gasteiger partial charge in [0.05, 0.1) is 13.2 Å². The smallest absolute Gasteiger partial charge is 0.124 e. The molecule has 0 spiro atoms. The normalized spacial score (nSPS) is 29.1. The highest BCUT2D eigenvalue weighted by atomic mass is 16.5. The van der Waals surface area contributed by atoms with Crippen molar-refractivity contribution >= 4 is 5.69 Å². The molecule has 2 atom stereocenters. The molecule has 0 bridgehead atoms. The maximum absolute atomic E-state index is 5.51. The van der Waals surface area contributed by atoms with Crippen molar-refractivity contribution in [2.24, 2.45) is 0 Å². The molecule has 0 aliphatic carbocycles. The van der Waals surface area contributed by atoms with E-state index in [1.165, 1.54) is 17.7 Å². The van der Waals surface area contributed by atoms with Gasteiger partial charge in [-0.2, -0.15) is 0 Å². The lowest BCUT2D eigenvalue weighted by Gasteiger charge is -2.41. The summed E-state index contributed by atoms with van der Waals surface area (Å²) < 4.78 is 5.51. The number of benzene rings is 1. The van der Waals surface area contributed by atoms with E-state index in [2.05, 4.69) is 42.7 Å². The lowest BCUT2D eigenvalue weighted by molar-refractivity contribution is 0.253. The molecule has 17 heavy (non-hydrogen) atoms. The Morgan fingerprint density at radius 2 is 2.18 bits per heavy atom. The summed E-state index contributed by atoms with van der Waals surface area (Å²) in [4.78, 5) is 0. The maximum Gasteiger partial charge on any atom is 0.124 e. The average molecular weight is 232 g/mol. The van der Waals surface area contributed by atoms with Gasteiger partial charge in [0.2, 0.25) is 0 Å².